The van der Waals surface area contributed by atoms with Gasteiger partial charge in [0.2, 0.25) is 0 Å². The quantitative estimate of drug-likeness (QED) is 0.833. The van der Waals surface area contributed by atoms with E-state index >= 15 is 0 Å². The van der Waals surface area contributed by atoms with Gasteiger partial charge in [-0.1, -0.05) is 6.07 Å². The third-order valence-corrected chi connectivity index (χ3v) is 6.09. The summed E-state index contributed by atoms with van der Waals surface area (Å²) in [6.07, 6.45) is 6.72. The van der Waals surface area contributed by atoms with E-state index in [1.165, 1.54) is 35.2 Å². The smallest absolute Gasteiger partial charge is 0.124 e. The topological polar surface area (TPSA) is 34.6 Å². The van der Waals surface area contributed by atoms with Gasteiger partial charge in [0, 0.05) is 54.5 Å². The average Bonchev–Trinajstić information content (AvgIpc) is 3.12. The van der Waals surface area contributed by atoms with Crippen molar-refractivity contribution < 1.29 is 9.47 Å². The van der Waals surface area contributed by atoms with Crippen molar-refractivity contribution in [3.05, 3.63) is 52.8 Å². The van der Waals surface area contributed by atoms with Crippen LogP contribution in [0, 0.1) is 0 Å². The molecule has 0 N–H and O–H groups in total. The lowest BCUT2D eigenvalue weighted by atomic mass is 9.96. The molecule has 136 valence electrons. The zero-order valence-corrected chi connectivity index (χ0v) is 15.6. The van der Waals surface area contributed by atoms with E-state index in [4.69, 9.17) is 9.47 Å². The molecule has 0 amide bonds. The summed E-state index contributed by atoms with van der Waals surface area (Å²) in [5.74, 6) is 2.07. The number of benzene rings is 1. The first-order chi connectivity index (χ1) is 12.7. The number of hydrogen-bond donors (Lipinski definition) is 0. The Morgan fingerprint density at radius 2 is 2.19 bits per heavy atom. The minimum absolute atomic E-state index is 0.263. The van der Waals surface area contributed by atoms with E-state index in [-0.39, 0.29) is 6.10 Å². The minimum Gasteiger partial charge on any atom is -0.494 e. The fraction of sp³-hybridized carbons (Fsp3) is 0.500. The second-order valence-electron chi connectivity index (χ2n) is 7.80. The fourth-order valence-corrected chi connectivity index (χ4v) is 4.97. The van der Waals surface area contributed by atoms with Crippen LogP contribution in [0.4, 0.5) is 0 Å². The monoisotopic (exact) mass is 350 g/mol. The summed E-state index contributed by atoms with van der Waals surface area (Å²) in [6.45, 7) is 5.81. The highest BCUT2D eigenvalue weighted by atomic mass is 16.5. The Hall–Kier alpha value is -2.07. The Balaban J connectivity index is 1.48. The van der Waals surface area contributed by atoms with E-state index in [0.29, 0.717) is 18.7 Å². The normalized spacial score (nSPS) is 26.3. The van der Waals surface area contributed by atoms with Gasteiger partial charge >= 0.3 is 0 Å². The van der Waals surface area contributed by atoms with Crippen molar-refractivity contribution in [3.8, 4) is 11.5 Å². The Kier molecular flexibility index (Phi) is 3.89. The summed E-state index contributed by atoms with van der Waals surface area (Å²) in [6, 6.07) is 9.84. The van der Waals surface area contributed by atoms with Crippen molar-refractivity contribution in [2.24, 2.45) is 0 Å². The van der Waals surface area contributed by atoms with Crippen molar-refractivity contribution in [1.82, 2.24) is 9.88 Å². The van der Waals surface area contributed by atoms with E-state index < -0.39 is 0 Å². The van der Waals surface area contributed by atoms with Gasteiger partial charge < -0.3 is 9.47 Å². The van der Waals surface area contributed by atoms with Crippen LogP contribution in [-0.2, 0) is 19.4 Å². The van der Waals surface area contributed by atoms with Crippen LogP contribution >= 0.6 is 0 Å². The molecular weight excluding hydrogens is 324 g/mol. The Labute approximate surface area is 155 Å². The molecule has 1 saturated heterocycles. The zero-order chi connectivity index (χ0) is 17.7. The lowest BCUT2D eigenvalue weighted by Gasteiger charge is -2.36. The first kappa shape index (κ1) is 16.1. The molecule has 0 saturated carbocycles. The number of nitrogens with zero attached hydrogens (tertiary/aromatic N) is 2. The number of aromatic nitrogens is 1. The summed E-state index contributed by atoms with van der Waals surface area (Å²) >= 11 is 0. The van der Waals surface area contributed by atoms with Gasteiger partial charge in [-0.05, 0) is 50.5 Å². The molecule has 1 aromatic carbocycles. The predicted molar refractivity (Wildman–Crippen MR) is 101 cm³/mol. The SMILES string of the molecule is CCOc1cc2c(cc1CN1[C@H]3CC[C@H]1c1cccnc1C3)O[C@H](C)C2. The van der Waals surface area contributed by atoms with Crippen molar-refractivity contribution >= 4 is 0 Å². The molecule has 2 bridgehead atoms. The molecule has 0 unspecified atom stereocenters. The van der Waals surface area contributed by atoms with Crippen LogP contribution in [-0.4, -0.2) is 28.6 Å². The van der Waals surface area contributed by atoms with Gasteiger partial charge in [-0.2, -0.15) is 0 Å². The van der Waals surface area contributed by atoms with Crippen molar-refractivity contribution in [1.29, 1.82) is 0 Å². The van der Waals surface area contributed by atoms with Gasteiger partial charge in [0.25, 0.3) is 0 Å². The number of ether oxygens (including phenoxy) is 2. The molecular formula is C22H26N2O2. The Bertz CT molecular complexity index is 835. The zero-order valence-electron chi connectivity index (χ0n) is 15.6. The van der Waals surface area contributed by atoms with Gasteiger partial charge in [0.1, 0.15) is 17.6 Å². The summed E-state index contributed by atoms with van der Waals surface area (Å²) in [5, 5.41) is 0. The molecule has 0 spiro atoms. The summed E-state index contributed by atoms with van der Waals surface area (Å²) in [4.78, 5) is 7.29. The highest BCUT2D eigenvalue weighted by Crippen LogP contribution is 2.45. The molecule has 4 heterocycles. The molecule has 3 atom stereocenters. The first-order valence-electron chi connectivity index (χ1n) is 9.87. The summed E-state index contributed by atoms with van der Waals surface area (Å²) in [7, 11) is 0. The third kappa shape index (κ3) is 2.59. The van der Waals surface area contributed by atoms with Crippen LogP contribution in [0.1, 0.15) is 55.1 Å². The third-order valence-electron chi connectivity index (χ3n) is 6.09. The molecule has 2 aromatic rings. The summed E-state index contributed by atoms with van der Waals surface area (Å²) in [5.41, 5.74) is 5.25. The number of pyridine rings is 1. The van der Waals surface area contributed by atoms with Crippen molar-refractivity contribution in [2.75, 3.05) is 6.61 Å². The van der Waals surface area contributed by atoms with Crippen LogP contribution in [0.5, 0.6) is 11.5 Å². The maximum Gasteiger partial charge on any atom is 0.124 e. The predicted octanol–water partition coefficient (Wildman–Crippen LogP) is 4.07. The lowest BCUT2D eigenvalue weighted by Crippen LogP contribution is -2.37. The van der Waals surface area contributed by atoms with E-state index in [2.05, 4.69) is 48.0 Å². The van der Waals surface area contributed by atoms with Crippen LogP contribution in [0.2, 0.25) is 0 Å². The fourth-order valence-electron chi connectivity index (χ4n) is 4.97. The maximum atomic E-state index is 6.01. The van der Waals surface area contributed by atoms with E-state index in [9.17, 15) is 0 Å². The highest BCUT2D eigenvalue weighted by molar-refractivity contribution is 5.49. The van der Waals surface area contributed by atoms with Crippen LogP contribution < -0.4 is 9.47 Å². The Morgan fingerprint density at radius 3 is 3.08 bits per heavy atom. The second kappa shape index (κ2) is 6.27. The van der Waals surface area contributed by atoms with Crippen molar-refractivity contribution in [3.63, 3.8) is 0 Å². The average molecular weight is 350 g/mol. The number of fused-ring (bicyclic) bond motifs is 5. The van der Waals surface area contributed by atoms with Crippen LogP contribution in [0.25, 0.3) is 0 Å². The molecule has 4 heteroatoms. The molecule has 4 nitrogen and oxygen atoms in total. The van der Waals surface area contributed by atoms with Crippen molar-refractivity contribution in [2.45, 2.75) is 64.3 Å². The molecule has 3 aliphatic rings. The van der Waals surface area contributed by atoms with E-state index in [0.717, 1.165) is 30.9 Å². The van der Waals surface area contributed by atoms with Gasteiger partial charge in [-0.25, -0.2) is 0 Å². The highest BCUT2D eigenvalue weighted by Gasteiger charge is 2.40. The Morgan fingerprint density at radius 1 is 1.27 bits per heavy atom. The molecule has 1 aromatic heterocycles. The lowest BCUT2D eigenvalue weighted by molar-refractivity contribution is 0.163. The number of hydrogen-bond acceptors (Lipinski definition) is 4. The van der Waals surface area contributed by atoms with Crippen LogP contribution in [0.3, 0.4) is 0 Å². The van der Waals surface area contributed by atoms with E-state index in [1.54, 1.807) is 0 Å². The van der Waals surface area contributed by atoms with Gasteiger partial charge in [0.15, 0.2) is 0 Å². The molecule has 0 radical (unpaired) electrons. The maximum absolute atomic E-state index is 6.01. The molecule has 26 heavy (non-hydrogen) atoms. The van der Waals surface area contributed by atoms with Gasteiger partial charge in [-0.15, -0.1) is 0 Å². The standard InChI is InChI=1S/C22H26N2O2/c1-3-25-21-10-15-9-14(2)26-22(15)11-16(21)13-24-17-6-7-20(24)18-5-4-8-23-19(18)12-17/h4-5,8,10-11,14,17,20H,3,6-7,9,12-13H2,1-2H3/t14-,17+,20+/m1/s1. The first-order valence-corrected chi connectivity index (χ1v) is 9.87. The van der Waals surface area contributed by atoms with Crippen LogP contribution in [0.15, 0.2) is 30.5 Å². The summed E-state index contributed by atoms with van der Waals surface area (Å²) < 4.78 is 12.0. The number of rotatable bonds is 4. The second-order valence-corrected chi connectivity index (χ2v) is 7.80. The minimum atomic E-state index is 0.263. The molecule has 1 fully saturated rings. The largest absolute Gasteiger partial charge is 0.494 e. The van der Waals surface area contributed by atoms with Gasteiger partial charge in [0.05, 0.1) is 6.61 Å². The molecule has 5 rings (SSSR count). The molecule has 3 aliphatic heterocycles. The van der Waals surface area contributed by atoms with E-state index in [1.807, 2.05) is 6.20 Å². The molecule has 0 aliphatic carbocycles. The van der Waals surface area contributed by atoms with Gasteiger partial charge in [-0.3, -0.25) is 9.88 Å².